The molecular weight excluding hydrogens is 272 g/mol. The number of rotatable bonds is 6. The van der Waals surface area contributed by atoms with Gasteiger partial charge in [0, 0.05) is 7.11 Å². The van der Waals surface area contributed by atoms with E-state index in [2.05, 4.69) is 5.32 Å². The molecule has 0 bridgehead atoms. The Bertz CT molecular complexity index is 519. The third-order valence-electron chi connectivity index (χ3n) is 2.73. The molecule has 0 heterocycles. The van der Waals surface area contributed by atoms with Crippen molar-refractivity contribution in [3.05, 3.63) is 34.9 Å². The van der Waals surface area contributed by atoms with Crippen LogP contribution in [0.2, 0.25) is 0 Å². The van der Waals surface area contributed by atoms with Gasteiger partial charge in [-0.3, -0.25) is 4.79 Å². The van der Waals surface area contributed by atoms with E-state index in [1.54, 1.807) is 6.92 Å². The molecular formula is C13H15F2NO4. The number of halogens is 2. The number of amides is 1. The van der Waals surface area contributed by atoms with Crippen molar-refractivity contribution in [2.45, 2.75) is 19.4 Å². The first-order chi connectivity index (χ1) is 9.40. The van der Waals surface area contributed by atoms with E-state index in [0.717, 1.165) is 0 Å². The van der Waals surface area contributed by atoms with Crippen molar-refractivity contribution in [2.24, 2.45) is 0 Å². The van der Waals surface area contributed by atoms with Crippen molar-refractivity contribution in [2.75, 3.05) is 13.7 Å². The molecule has 2 N–H and O–H groups in total. The Morgan fingerprint density at radius 1 is 1.30 bits per heavy atom. The van der Waals surface area contributed by atoms with E-state index >= 15 is 0 Å². The number of hydrogen-bond donors (Lipinski definition) is 2. The summed E-state index contributed by atoms with van der Waals surface area (Å²) in [5, 5.41) is 11.4. The van der Waals surface area contributed by atoms with Crippen LogP contribution in [-0.2, 0) is 4.74 Å². The fourth-order valence-corrected chi connectivity index (χ4v) is 1.64. The first-order valence-corrected chi connectivity index (χ1v) is 5.92. The summed E-state index contributed by atoms with van der Waals surface area (Å²) >= 11 is 0. The second-order valence-electron chi connectivity index (χ2n) is 4.15. The summed E-state index contributed by atoms with van der Waals surface area (Å²) in [6.45, 7) is 2.03. The predicted molar refractivity (Wildman–Crippen MR) is 66.7 cm³/mol. The molecule has 0 aliphatic rings. The molecule has 0 saturated heterocycles. The quantitative estimate of drug-likeness (QED) is 0.836. The highest BCUT2D eigenvalue weighted by atomic mass is 19.2. The Hall–Kier alpha value is -2.02. The van der Waals surface area contributed by atoms with Gasteiger partial charge < -0.3 is 15.2 Å². The minimum atomic E-state index is -1.51. The van der Waals surface area contributed by atoms with Crippen LogP contribution in [0.5, 0.6) is 0 Å². The molecule has 0 aliphatic heterocycles. The van der Waals surface area contributed by atoms with Gasteiger partial charge in [0.2, 0.25) is 0 Å². The zero-order chi connectivity index (χ0) is 15.3. The Kier molecular flexibility index (Phi) is 5.57. The van der Waals surface area contributed by atoms with E-state index in [0.29, 0.717) is 18.6 Å². The van der Waals surface area contributed by atoms with Crippen LogP contribution in [0.25, 0.3) is 0 Å². The normalized spacial score (nSPS) is 12.0. The highest BCUT2D eigenvalue weighted by Crippen LogP contribution is 2.15. The maximum Gasteiger partial charge on any atom is 0.336 e. The number of methoxy groups -OCH3 is 1. The summed E-state index contributed by atoms with van der Waals surface area (Å²) in [4.78, 5) is 22.9. The van der Waals surface area contributed by atoms with Gasteiger partial charge in [0.1, 0.15) is 0 Å². The zero-order valence-corrected chi connectivity index (χ0v) is 11.1. The second-order valence-corrected chi connectivity index (χ2v) is 4.15. The SMILES string of the molecule is CCC(COC)NC(=O)c1cc(F)c(F)cc1C(=O)O. The van der Waals surface area contributed by atoms with Gasteiger partial charge in [0.05, 0.1) is 23.8 Å². The molecule has 1 rings (SSSR count). The fourth-order valence-electron chi connectivity index (χ4n) is 1.64. The molecule has 1 unspecified atom stereocenters. The lowest BCUT2D eigenvalue weighted by atomic mass is 10.1. The van der Waals surface area contributed by atoms with E-state index in [4.69, 9.17) is 9.84 Å². The summed E-state index contributed by atoms with van der Waals surface area (Å²) in [5.74, 6) is -4.89. The van der Waals surface area contributed by atoms with Crippen LogP contribution in [0, 0.1) is 11.6 Å². The van der Waals surface area contributed by atoms with E-state index < -0.39 is 34.6 Å². The topological polar surface area (TPSA) is 75.6 Å². The summed E-state index contributed by atoms with van der Waals surface area (Å²) < 4.78 is 31.1. The summed E-state index contributed by atoms with van der Waals surface area (Å²) in [5.41, 5.74) is -1.01. The Morgan fingerprint density at radius 3 is 2.30 bits per heavy atom. The van der Waals surface area contributed by atoms with Gasteiger partial charge in [-0.25, -0.2) is 13.6 Å². The summed E-state index contributed by atoms with van der Waals surface area (Å²) in [6, 6.07) is 0.722. The molecule has 1 amide bonds. The molecule has 1 atom stereocenters. The lowest BCUT2D eigenvalue weighted by Crippen LogP contribution is -2.38. The first kappa shape index (κ1) is 16.0. The van der Waals surface area contributed by atoms with Crippen molar-refractivity contribution in [1.82, 2.24) is 5.32 Å². The van der Waals surface area contributed by atoms with Crippen molar-refractivity contribution >= 4 is 11.9 Å². The Balaban J connectivity index is 3.08. The number of carboxylic acid groups (broad SMARTS) is 1. The van der Waals surface area contributed by atoms with Gasteiger partial charge in [0.15, 0.2) is 11.6 Å². The highest BCUT2D eigenvalue weighted by molar-refractivity contribution is 6.04. The lowest BCUT2D eigenvalue weighted by molar-refractivity contribution is 0.0688. The Labute approximate surface area is 114 Å². The molecule has 0 aromatic heterocycles. The second kappa shape index (κ2) is 6.95. The average molecular weight is 287 g/mol. The monoisotopic (exact) mass is 287 g/mol. The van der Waals surface area contributed by atoms with Gasteiger partial charge in [-0.15, -0.1) is 0 Å². The van der Waals surface area contributed by atoms with E-state index in [9.17, 15) is 18.4 Å². The van der Waals surface area contributed by atoms with E-state index in [-0.39, 0.29) is 12.6 Å². The van der Waals surface area contributed by atoms with Crippen LogP contribution < -0.4 is 5.32 Å². The molecule has 5 nitrogen and oxygen atoms in total. The number of carboxylic acids is 1. The van der Waals surface area contributed by atoms with Crippen LogP contribution in [0.15, 0.2) is 12.1 Å². The van der Waals surface area contributed by atoms with Crippen LogP contribution in [-0.4, -0.2) is 36.7 Å². The van der Waals surface area contributed by atoms with Crippen molar-refractivity contribution in [3.8, 4) is 0 Å². The van der Waals surface area contributed by atoms with Crippen molar-refractivity contribution in [1.29, 1.82) is 0 Å². The first-order valence-electron chi connectivity index (χ1n) is 5.92. The highest BCUT2D eigenvalue weighted by Gasteiger charge is 2.22. The third-order valence-corrected chi connectivity index (χ3v) is 2.73. The smallest absolute Gasteiger partial charge is 0.336 e. The number of nitrogens with one attached hydrogen (secondary N) is 1. The summed E-state index contributed by atoms with van der Waals surface area (Å²) in [7, 11) is 1.45. The van der Waals surface area contributed by atoms with Crippen LogP contribution in [0.1, 0.15) is 34.1 Å². The van der Waals surface area contributed by atoms with Crippen LogP contribution >= 0.6 is 0 Å². The van der Waals surface area contributed by atoms with Gasteiger partial charge in [-0.05, 0) is 18.6 Å². The number of ether oxygens (including phenoxy) is 1. The van der Waals surface area contributed by atoms with Gasteiger partial charge >= 0.3 is 5.97 Å². The summed E-state index contributed by atoms with van der Waals surface area (Å²) in [6.07, 6.45) is 0.547. The van der Waals surface area contributed by atoms with Crippen LogP contribution in [0.4, 0.5) is 8.78 Å². The maximum absolute atomic E-state index is 13.2. The number of hydrogen-bond acceptors (Lipinski definition) is 3. The fraction of sp³-hybridized carbons (Fsp3) is 0.385. The molecule has 0 fully saturated rings. The number of benzene rings is 1. The predicted octanol–water partition coefficient (Wildman–Crippen LogP) is 1.82. The molecule has 0 aliphatic carbocycles. The number of carbonyl (C=O) groups excluding carboxylic acids is 1. The maximum atomic E-state index is 13.2. The molecule has 0 saturated carbocycles. The minimum absolute atomic E-state index is 0.230. The molecule has 7 heteroatoms. The third kappa shape index (κ3) is 3.74. The van der Waals surface area contributed by atoms with Crippen LogP contribution in [0.3, 0.4) is 0 Å². The zero-order valence-electron chi connectivity index (χ0n) is 11.1. The van der Waals surface area contributed by atoms with Gasteiger partial charge in [0.25, 0.3) is 5.91 Å². The average Bonchev–Trinajstić information content (AvgIpc) is 2.40. The van der Waals surface area contributed by atoms with Gasteiger partial charge in [-0.1, -0.05) is 6.92 Å². The van der Waals surface area contributed by atoms with E-state index in [1.807, 2.05) is 0 Å². The molecule has 1 aromatic rings. The Morgan fingerprint density at radius 2 is 1.85 bits per heavy atom. The number of carbonyl (C=O) groups is 2. The lowest BCUT2D eigenvalue weighted by Gasteiger charge is -2.16. The van der Waals surface area contributed by atoms with Gasteiger partial charge in [-0.2, -0.15) is 0 Å². The standard InChI is InChI=1S/C13H15F2NO4/c1-3-7(6-20-2)16-12(17)8-4-10(14)11(15)5-9(8)13(18)19/h4-5,7H,3,6H2,1-2H3,(H,16,17)(H,18,19). The largest absolute Gasteiger partial charge is 0.478 e. The molecule has 0 radical (unpaired) electrons. The van der Waals surface area contributed by atoms with E-state index in [1.165, 1.54) is 7.11 Å². The molecule has 1 aromatic carbocycles. The van der Waals surface area contributed by atoms with Crippen molar-refractivity contribution < 1.29 is 28.2 Å². The number of aromatic carboxylic acids is 1. The molecule has 0 spiro atoms. The molecule has 110 valence electrons. The minimum Gasteiger partial charge on any atom is -0.478 e. The molecule has 20 heavy (non-hydrogen) atoms. The van der Waals surface area contributed by atoms with Crippen molar-refractivity contribution in [3.63, 3.8) is 0 Å².